The van der Waals surface area contributed by atoms with Crippen LogP contribution in [0.1, 0.15) is 51.9 Å². The Morgan fingerprint density at radius 1 is 1.00 bits per heavy atom. The fourth-order valence-electron chi connectivity index (χ4n) is 1.98. The maximum atomic E-state index is 11.9. The average molecular weight is 233 g/mol. The Bertz CT molecular complexity index is 254. The van der Waals surface area contributed by atoms with Gasteiger partial charge < -0.3 is 0 Å². The number of hydrogen-bond donors (Lipinski definition) is 0. The van der Waals surface area contributed by atoms with Crippen molar-refractivity contribution < 1.29 is 8.42 Å². The second kappa shape index (κ2) is 6.48. The zero-order valence-corrected chi connectivity index (χ0v) is 10.6. The summed E-state index contributed by atoms with van der Waals surface area (Å²) in [6.07, 6.45) is 7.35. The predicted octanol–water partition coefficient (Wildman–Crippen LogP) is 2.38. The molecule has 0 aromatic rings. The molecule has 1 fully saturated rings. The van der Waals surface area contributed by atoms with Crippen LogP contribution in [0, 0.1) is 0 Å². The molecule has 1 saturated heterocycles. The number of unbranched alkanes of at least 4 members (excludes halogenated alkanes) is 2. The van der Waals surface area contributed by atoms with Crippen LogP contribution >= 0.6 is 0 Å². The van der Waals surface area contributed by atoms with Crippen LogP contribution in [-0.4, -0.2) is 31.6 Å². The van der Waals surface area contributed by atoms with Crippen LogP contribution in [0.15, 0.2) is 0 Å². The molecule has 1 heterocycles. The van der Waals surface area contributed by atoms with Crippen molar-refractivity contribution >= 4 is 10.0 Å². The molecular weight excluding hydrogens is 210 g/mol. The quantitative estimate of drug-likeness (QED) is 0.684. The summed E-state index contributed by atoms with van der Waals surface area (Å²) in [6, 6.07) is 0. The summed E-state index contributed by atoms with van der Waals surface area (Å²) >= 11 is 0. The van der Waals surface area contributed by atoms with Gasteiger partial charge in [0.25, 0.3) is 0 Å². The second-order valence-corrected chi connectivity index (χ2v) is 6.42. The molecule has 0 aromatic heterocycles. The van der Waals surface area contributed by atoms with Crippen molar-refractivity contribution in [1.82, 2.24) is 4.31 Å². The zero-order valence-electron chi connectivity index (χ0n) is 9.74. The van der Waals surface area contributed by atoms with Gasteiger partial charge in [-0.2, -0.15) is 0 Å². The molecule has 3 nitrogen and oxygen atoms in total. The molecular formula is C11H23NO2S. The molecule has 0 aromatic carbocycles. The van der Waals surface area contributed by atoms with Crippen LogP contribution in [0.3, 0.4) is 0 Å². The molecule has 0 unspecified atom stereocenters. The molecule has 0 amide bonds. The fourth-order valence-corrected chi connectivity index (χ4v) is 3.63. The molecule has 0 radical (unpaired) electrons. The van der Waals surface area contributed by atoms with Crippen molar-refractivity contribution in [2.24, 2.45) is 0 Å². The van der Waals surface area contributed by atoms with E-state index < -0.39 is 10.0 Å². The van der Waals surface area contributed by atoms with E-state index in [1.54, 1.807) is 4.31 Å². The Kier molecular flexibility index (Phi) is 5.61. The van der Waals surface area contributed by atoms with Crippen LogP contribution in [0.5, 0.6) is 0 Å². The maximum absolute atomic E-state index is 11.9. The Hall–Kier alpha value is -0.0900. The van der Waals surface area contributed by atoms with E-state index in [1.807, 2.05) is 0 Å². The van der Waals surface area contributed by atoms with Gasteiger partial charge in [0.05, 0.1) is 5.75 Å². The van der Waals surface area contributed by atoms with Crippen molar-refractivity contribution in [1.29, 1.82) is 0 Å². The number of sulfonamides is 1. The van der Waals surface area contributed by atoms with Crippen LogP contribution < -0.4 is 0 Å². The van der Waals surface area contributed by atoms with Gasteiger partial charge in [-0.3, -0.25) is 0 Å². The topological polar surface area (TPSA) is 37.4 Å². The minimum atomic E-state index is -2.95. The largest absolute Gasteiger partial charge is 0.214 e. The lowest BCUT2D eigenvalue weighted by molar-refractivity contribution is 0.422. The summed E-state index contributed by atoms with van der Waals surface area (Å²) in [4.78, 5) is 0. The lowest BCUT2D eigenvalue weighted by Gasteiger charge is -2.19. The Morgan fingerprint density at radius 3 is 2.13 bits per heavy atom. The minimum Gasteiger partial charge on any atom is -0.212 e. The molecule has 0 N–H and O–H groups in total. The Balaban J connectivity index is 2.43. The van der Waals surface area contributed by atoms with Gasteiger partial charge in [0, 0.05) is 13.1 Å². The van der Waals surface area contributed by atoms with Crippen molar-refractivity contribution in [2.45, 2.75) is 51.9 Å². The normalized spacial score (nSPS) is 20.1. The third-order valence-electron chi connectivity index (χ3n) is 2.96. The van der Waals surface area contributed by atoms with E-state index in [0.717, 1.165) is 45.2 Å². The van der Waals surface area contributed by atoms with Gasteiger partial charge in [0.2, 0.25) is 10.0 Å². The molecule has 15 heavy (non-hydrogen) atoms. The van der Waals surface area contributed by atoms with Gasteiger partial charge in [-0.15, -0.1) is 0 Å². The van der Waals surface area contributed by atoms with E-state index in [-0.39, 0.29) is 0 Å². The first-order valence-corrected chi connectivity index (χ1v) is 7.75. The SMILES string of the molecule is CCCCCS(=O)(=O)N1CCCCCC1. The second-order valence-electron chi connectivity index (χ2n) is 4.34. The maximum Gasteiger partial charge on any atom is 0.214 e. The first kappa shape index (κ1) is 13.0. The summed E-state index contributed by atoms with van der Waals surface area (Å²) in [6.45, 7) is 3.58. The highest BCUT2D eigenvalue weighted by atomic mass is 32.2. The van der Waals surface area contributed by atoms with Crippen LogP contribution in [-0.2, 0) is 10.0 Å². The first-order chi connectivity index (χ1) is 7.17. The summed E-state index contributed by atoms with van der Waals surface area (Å²) in [7, 11) is -2.95. The molecule has 0 spiro atoms. The average Bonchev–Trinajstić information content (AvgIpc) is 2.46. The van der Waals surface area contributed by atoms with Crippen LogP contribution in [0.25, 0.3) is 0 Å². The molecule has 1 aliphatic heterocycles. The Morgan fingerprint density at radius 2 is 1.60 bits per heavy atom. The number of rotatable bonds is 5. The summed E-state index contributed by atoms with van der Waals surface area (Å²) in [5.41, 5.74) is 0. The monoisotopic (exact) mass is 233 g/mol. The molecule has 0 saturated carbocycles. The summed E-state index contributed by atoms with van der Waals surface area (Å²) in [5.74, 6) is 0.348. The van der Waals surface area contributed by atoms with E-state index in [9.17, 15) is 8.42 Å². The van der Waals surface area contributed by atoms with E-state index in [4.69, 9.17) is 0 Å². The number of nitrogens with zero attached hydrogens (tertiary/aromatic N) is 1. The van der Waals surface area contributed by atoms with Crippen LogP contribution in [0.2, 0.25) is 0 Å². The van der Waals surface area contributed by atoms with E-state index >= 15 is 0 Å². The highest BCUT2D eigenvalue weighted by Gasteiger charge is 2.21. The van der Waals surface area contributed by atoms with Crippen LogP contribution in [0.4, 0.5) is 0 Å². The zero-order chi connectivity index (χ0) is 11.1. The lowest BCUT2D eigenvalue weighted by Crippen LogP contribution is -2.33. The third-order valence-corrected chi connectivity index (χ3v) is 4.92. The van der Waals surface area contributed by atoms with E-state index in [0.29, 0.717) is 5.75 Å². The minimum absolute atomic E-state index is 0.348. The van der Waals surface area contributed by atoms with Gasteiger partial charge in [-0.05, 0) is 19.3 Å². The predicted molar refractivity (Wildman–Crippen MR) is 63.4 cm³/mol. The van der Waals surface area contributed by atoms with E-state index in [1.165, 1.54) is 12.8 Å². The molecule has 0 atom stereocenters. The molecule has 4 heteroatoms. The van der Waals surface area contributed by atoms with Crippen molar-refractivity contribution in [3.63, 3.8) is 0 Å². The van der Waals surface area contributed by atoms with Crippen molar-refractivity contribution in [3.8, 4) is 0 Å². The van der Waals surface area contributed by atoms with Crippen molar-refractivity contribution in [2.75, 3.05) is 18.8 Å². The molecule has 1 rings (SSSR count). The summed E-state index contributed by atoms with van der Waals surface area (Å²) in [5, 5.41) is 0. The van der Waals surface area contributed by atoms with Gasteiger partial charge in [-0.25, -0.2) is 12.7 Å². The molecule has 90 valence electrons. The van der Waals surface area contributed by atoms with Gasteiger partial charge in [-0.1, -0.05) is 32.6 Å². The Labute approximate surface area is 93.9 Å². The van der Waals surface area contributed by atoms with Gasteiger partial charge in [0.1, 0.15) is 0 Å². The molecule has 0 bridgehead atoms. The third kappa shape index (κ3) is 4.51. The smallest absolute Gasteiger partial charge is 0.212 e. The van der Waals surface area contributed by atoms with Gasteiger partial charge >= 0.3 is 0 Å². The highest BCUT2D eigenvalue weighted by molar-refractivity contribution is 7.89. The van der Waals surface area contributed by atoms with Gasteiger partial charge in [0.15, 0.2) is 0 Å². The number of hydrogen-bond acceptors (Lipinski definition) is 2. The lowest BCUT2D eigenvalue weighted by atomic mass is 10.2. The molecule has 1 aliphatic rings. The summed E-state index contributed by atoms with van der Waals surface area (Å²) < 4.78 is 25.6. The van der Waals surface area contributed by atoms with Crippen molar-refractivity contribution in [3.05, 3.63) is 0 Å². The highest BCUT2D eigenvalue weighted by Crippen LogP contribution is 2.14. The fraction of sp³-hybridized carbons (Fsp3) is 1.00. The standard InChI is InChI=1S/C11H23NO2S/c1-2-3-8-11-15(13,14)12-9-6-4-5-7-10-12/h2-11H2,1H3. The first-order valence-electron chi connectivity index (χ1n) is 6.14. The van der Waals surface area contributed by atoms with E-state index in [2.05, 4.69) is 6.92 Å². The molecule has 0 aliphatic carbocycles.